The van der Waals surface area contributed by atoms with Gasteiger partial charge in [-0.2, -0.15) is 0 Å². The predicted molar refractivity (Wildman–Crippen MR) is 41.0 cm³/mol. The summed E-state index contributed by atoms with van der Waals surface area (Å²) in [5.41, 5.74) is 0. The molecule has 0 heterocycles. The third-order valence-corrected chi connectivity index (χ3v) is 2.62. The SMILES string of the molecule is CC(C)N(Br)C(C)C. The summed E-state index contributed by atoms with van der Waals surface area (Å²) in [7, 11) is 0. The van der Waals surface area contributed by atoms with Crippen LogP contribution in [0.25, 0.3) is 0 Å². The Morgan fingerprint density at radius 3 is 1.25 bits per heavy atom. The first-order chi connectivity index (χ1) is 3.55. The van der Waals surface area contributed by atoms with E-state index in [2.05, 4.69) is 47.8 Å². The van der Waals surface area contributed by atoms with E-state index in [9.17, 15) is 0 Å². The van der Waals surface area contributed by atoms with Crippen molar-refractivity contribution in [3.63, 3.8) is 0 Å². The minimum Gasteiger partial charge on any atom is -0.237 e. The largest absolute Gasteiger partial charge is 0.237 e. The molecule has 0 amide bonds. The number of hydrogen-bond acceptors (Lipinski definition) is 1. The number of rotatable bonds is 2. The zero-order chi connectivity index (χ0) is 6.73. The van der Waals surface area contributed by atoms with E-state index in [1.165, 1.54) is 0 Å². The summed E-state index contributed by atoms with van der Waals surface area (Å²) in [5.74, 6) is 0. The molecule has 1 nitrogen and oxygen atoms in total. The standard InChI is InChI=1S/C6H14BrN/c1-5(2)8(7)6(3)4/h5-6H,1-4H3. The summed E-state index contributed by atoms with van der Waals surface area (Å²) in [6.45, 7) is 8.65. The van der Waals surface area contributed by atoms with Gasteiger partial charge < -0.3 is 0 Å². The molecule has 0 aliphatic heterocycles. The summed E-state index contributed by atoms with van der Waals surface area (Å²) in [6, 6.07) is 1.19. The Morgan fingerprint density at radius 2 is 1.25 bits per heavy atom. The lowest BCUT2D eigenvalue weighted by Crippen LogP contribution is -2.26. The molecular weight excluding hydrogens is 166 g/mol. The molecule has 0 aromatic rings. The molecule has 0 bridgehead atoms. The average molecular weight is 180 g/mol. The molecule has 0 saturated carbocycles. The smallest absolute Gasteiger partial charge is 0.0151 e. The van der Waals surface area contributed by atoms with Gasteiger partial charge in [-0.1, -0.05) is 0 Å². The molecule has 0 aromatic heterocycles. The Kier molecular flexibility index (Phi) is 3.65. The summed E-state index contributed by atoms with van der Waals surface area (Å²) in [5, 5.41) is 0. The van der Waals surface area contributed by atoms with Gasteiger partial charge in [-0.05, 0) is 27.7 Å². The van der Waals surface area contributed by atoms with Crippen molar-refractivity contribution in [3.05, 3.63) is 0 Å². The monoisotopic (exact) mass is 179 g/mol. The van der Waals surface area contributed by atoms with Gasteiger partial charge >= 0.3 is 0 Å². The molecule has 0 unspecified atom stereocenters. The van der Waals surface area contributed by atoms with Gasteiger partial charge in [0, 0.05) is 28.2 Å². The van der Waals surface area contributed by atoms with E-state index >= 15 is 0 Å². The highest BCUT2D eigenvalue weighted by Crippen LogP contribution is 2.09. The molecule has 0 fully saturated rings. The topological polar surface area (TPSA) is 3.24 Å². The van der Waals surface area contributed by atoms with Gasteiger partial charge in [-0.3, -0.25) is 0 Å². The zero-order valence-electron chi connectivity index (χ0n) is 5.98. The Labute approximate surface area is 60.4 Å². The molecule has 8 heavy (non-hydrogen) atoms. The lowest BCUT2D eigenvalue weighted by atomic mass is 10.3. The van der Waals surface area contributed by atoms with Crippen LogP contribution in [0, 0.1) is 0 Å². The normalized spacial score (nSPS) is 12.0. The lowest BCUT2D eigenvalue weighted by molar-refractivity contribution is 0.349. The molecule has 2 heteroatoms. The van der Waals surface area contributed by atoms with Crippen molar-refractivity contribution in [2.24, 2.45) is 0 Å². The molecule has 0 spiro atoms. The van der Waals surface area contributed by atoms with Crippen molar-refractivity contribution < 1.29 is 0 Å². The second-order valence-corrected chi connectivity index (χ2v) is 3.35. The molecule has 50 valence electrons. The van der Waals surface area contributed by atoms with E-state index in [1.807, 2.05) is 0 Å². The molecule has 0 radical (unpaired) electrons. The van der Waals surface area contributed by atoms with Crippen LogP contribution in [0.4, 0.5) is 0 Å². The van der Waals surface area contributed by atoms with Crippen LogP contribution in [0.1, 0.15) is 27.7 Å². The van der Waals surface area contributed by atoms with Gasteiger partial charge in [-0.15, -0.1) is 0 Å². The number of halogens is 1. The molecule has 0 aliphatic carbocycles. The molecule has 0 N–H and O–H groups in total. The van der Waals surface area contributed by atoms with Crippen molar-refractivity contribution in [3.8, 4) is 0 Å². The summed E-state index contributed by atoms with van der Waals surface area (Å²) >= 11 is 3.44. The van der Waals surface area contributed by atoms with Gasteiger partial charge in [0.05, 0.1) is 0 Å². The van der Waals surface area contributed by atoms with Crippen LogP contribution in [0.5, 0.6) is 0 Å². The van der Waals surface area contributed by atoms with Crippen LogP contribution in [0.2, 0.25) is 0 Å². The van der Waals surface area contributed by atoms with Crippen molar-refractivity contribution in [2.75, 3.05) is 0 Å². The Balaban J connectivity index is 3.46. The fraction of sp³-hybridized carbons (Fsp3) is 1.00. The minimum atomic E-state index is 0.593. The summed E-state index contributed by atoms with van der Waals surface area (Å²) < 4.78 is 2.15. The maximum atomic E-state index is 3.44. The number of nitrogens with zero attached hydrogens (tertiary/aromatic N) is 1. The first-order valence-electron chi connectivity index (χ1n) is 2.99. The maximum Gasteiger partial charge on any atom is 0.0151 e. The highest BCUT2D eigenvalue weighted by atomic mass is 79.9. The highest BCUT2D eigenvalue weighted by Gasteiger charge is 2.07. The highest BCUT2D eigenvalue weighted by molar-refractivity contribution is 9.07. The Hall–Kier alpha value is 0.440. The van der Waals surface area contributed by atoms with Gasteiger partial charge in [0.2, 0.25) is 0 Å². The lowest BCUT2D eigenvalue weighted by Gasteiger charge is -2.21. The van der Waals surface area contributed by atoms with E-state index in [0.29, 0.717) is 12.1 Å². The quantitative estimate of drug-likeness (QED) is 0.590. The van der Waals surface area contributed by atoms with Crippen molar-refractivity contribution in [1.82, 2.24) is 3.93 Å². The van der Waals surface area contributed by atoms with Gasteiger partial charge in [0.1, 0.15) is 0 Å². The molecule has 0 aliphatic rings. The second kappa shape index (κ2) is 3.46. The van der Waals surface area contributed by atoms with Crippen molar-refractivity contribution in [2.45, 2.75) is 39.8 Å². The third-order valence-electron chi connectivity index (χ3n) is 0.987. The fourth-order valence-corrected chi connectivity index (χ4v) is 0.596. The first-order valence-corrected chi connectivity index (χ1v) is 3.70. The van der Waals surface area contributed by atoms with E-state index in [-0.39, 0.29) is 0 Å². The molecule has 0 atom stereocenters. The van der Waals surface area contributed by atoms with E-state index in [0.717, 1.165) is 0 Å². The van der Waals surface area contributed by atoms with Crippen molar-refractivity contribution in [1.29, 1.82) is 0 Å². The van der Waals surface area contributed by atoms with Crippen LogP contribution in [0.15, 0.2) is 0 Å². The van der Waals surface area contributed by atoms with Gasteiger partial charge in [0.25, 0.3) is 0 Å². The van der Waals surface area contributed by atoms with Crippen molar-refractivity contribution >= 4 is 16.1 Å². The summed E-state index contributed by atoms with van der Waals surface area (Å²) in [4.78, 5) is 0. The van der Waals surface area contributed by atoms with Gasteiger partial charge in [-0.25, -0.2) is 3.93 Å². The van der Waals surface area contributed by atoms with Crippen LogP contribution in [-0.4, -0.2) is 16.0 Å². The molecule has 0 saturated heterocycles. The molecular formula is C6H14BrN. The van der Waals surface area contributed by atoms with E-state index < -0.39 is 0 Å². The van der Waals surface area contributed by atoms with Crippen LogP contribution in [-0.2, 0) is 0 Å². The minimum absolute atomic E-state index is 0.593. The maximum absolute atomic E-state index is 3.44. The Morgan fingerprint density at radius 1 is 1.00 bits per heavy atom. The molecule has 0 aromatic carbocycles. The average Bonchev–Trinajstić information content (AvgIpc) is 1.64. The van der Waals surface area contributed by atoms with Crippen LogP contribution in [0.3, 0.4) is 0 Å². The number of hydrogen-bond donors (Lipinski definition) is 0. The van der Waals surface area contributed by atoms with Crippen LogP contribution < -0.4 is 0 Å². The summed E-state index contributed by atoms with van der Waals surface area (Å²) in [6.07, 6.45) is 0. The first kappa shape index (κ1) is 8.44. The zero-order valence-corrected chi connectivity index (χ0v) is 7.57. The molecule has 0 rings (SSSR count). The second-order valence-electron chi connectivity index (χ2n) is 2.53. The van der Waals surface area contributed by atoms with Crippen LogP contribution >= 0.6 is 16.1 Å². The van der Waals surface area contributed by atoms with E-state index in [4.69, 9.17) is 0 Å². The third kappa shape index (κ3) is 2.68. The fourth-order valence-electron chi connectivity index (χ4n) is 0.596. The Bertz CT molecular complexity index is 53.5. The van der Waals surface area contributed by atoms with E-state index in [1.54, 1.807) is 0 Å². The predicted octanol–water partition coefficient (Wildman–Crippen LogP) is 2.42. The van der Waals surface area contributed by atoms with Gasteiger partial charge in [0.15, 0.2) is 0 Å².